The molecule has 2 aromatic rings. The van der Waals surface area contributed by atoms with Gasteiger partial charge in [-0.15, -0.1) is 0 Å². The van der Waals surface area contributed by atoms with E-state index >= 15 is 0 Å². The molecule has 0 bridgehead atoms. The van der Waals surface area contributed by atoms with E-state index in [-0.39, 0.29) is 5.95 Å². The van der Waals surface area contributed by atoms with Gasteiger partial charge in [0.15, 0.2) is 5.15 Å². The number of nitrogen functional groups attached to an aromatic ring is 1. The summed E-state index contributed by atoms with van der Waals surface area (Å²) in [5.74, 6) is 6.21. The molecular weight excluding hydrogens is 272 g/mol. The molecule has 2 aromatic heterocycles. The third-order valence-electron chi connectivity index (χ3n) is 2.81. The van der Waals surface area contributed by atoms with Crippen molar-refractivity contribution in [3.8, 4) is 11.8 Å². The van der Waals surface area contributed by atoms with Crippen LogP contribution in [0, 0.1) is 11.8 Å². The molecule has 20 heavy (non-hydrogen) atoms. The summed E-state index contributed by atoms with van der Waals surface area (Å²) >= 11 is 6.08. The number of halogens is 1. The molecular formula is C15H15ClN4. The van der Waals surface area contributed by atoms with Crippen LogP contribution in [0.1, 0.15) is 36.4 Å². The number of anilines is 1. The van der Waals surface area contributed by atoms with E-state index in [0.717, 1.165) is 23.4 Å². The molecule has 0 amide bonds. The second kappa shape index (κ2) is 6.36. The van der Waals surface area contributed by atoms with Crippen LogP contribution < -0.4 is 5.73 Å². The van der Waals surface area contributed by atoms with Crippen LogP contribution in [0.5, 0.6) is 0 Å². The maximum Gasteiger partial charge on any atom is 0.221 e. The van der Waals surface area contributed by atoms with Crippen LogP contribution in [-0.2, 0) is 12.8 Å². The highest BCUT2D eigenvalue weighted by Gasteiger charge is 2.08. The average Bonchev–Trinajstić information content (AvgIpc) is 2.46. The SMILES string of the molecule is CCc1ccc(C#Cc2c(Cl)nc(N)nc2CC)cn1. The number of pyridine rings is 1. The van der Waals surface area contributed by atoms with E-state index in [1.807, 2.05) is 19.1 Å². The summed E-state index contributed by atoms with van der Waals surface area (Å²) in [6.07, 6.45) is 3.36. The van der Waals surface area contributed by atoms with Crippen molar-refractivity contribution in [3.05, 3.63) is 46.0 Å². The molecule has 2 N–H and O–H groups in total. The first-order valence-electron chi connectivity index (χ1n) is 6.42. The highest BCUT2D eigenvalue weighted by molar-refractivity contribution is 6.30. The first-order valence-corrected chi connectivity index (χ1v) is 6.80. The highest BCUT2D eigenvalue weighted by Crippen LogP contribution is 2.17. The highest BCUT2D eigenvalue weighted by atomic mass is 35.5. The van der Waals surface area contributed by atoms with Gasteiger partial charge in [-0.3, -0.25) is 4.98 Å². The van der Waals surface area contributed by atoms with Gasteiger partial charge < -0.3 is 5.73 Å². The Morgan fingerprint density at radius 1 is 1.15 bits per heavy atom. The van der Waals surface area contributed by atoms with Crippen molar-refractivity contribution in [2.24, 2.45) is 0 Å². The Hall–Kier alpha value is -2.12. The molecule has 0 aromatic carbocycles. The Balaban J connectivity index is 2.36. The van der Waals surface area contributed by atoms with Gasteiger partial charge in [0.2, 0.25) is 5.95 Å². The van der Waals surface area contributed by atoms with E-state index < -0.39 is 0 Å². The monoisotopic (exact) mass is 286 g/mol. The molecule has 0 radical (unpaired) electrons. The predicted octanol–water partition coefficient (Wildman–Crippen LogP) is 2.63. The standard InChI is InChI=1S/C15H15ClN4/c1-3-11-7-5-10(9-18-11)6-8-12-13(4-2)19-15(17)20-14(12)16/h5,7,9H,3-4H2,1-2H3,(H2,17,19,20). The molecule has 0 saturated carbocycles. The van der Waals surface area contributed by atoms with Gasteiger partial charge >= 0.3 is 0 Å². The predicted molar refractivity (Wildman–Crippen MR) is 80.4 cm³/mol. The summed E-state index contributed by atoms with van der Waals surface area (Å²) in [4.78, 5) is 12.4. The maximum atomic E-state index is 6.08. The van der Waals surface area contributed by atoms with Crippen LogP contribution in [0.2, 0.25) is 5.15 Å². The third-order valence-corrected chi connectivity index (χ3v) is 3.08. The summed E-state index contributed by atoms with van der Waals surface area (Å²) in [5, 5.41) is 0.292. The molecule has 0 spiro atoms. The molecule has 0 atom stereocenters. The largest absolute Gasteiger partial charge is 0.368 e. The maximum absolute atomic E-state index is 6.08. The van der Waals surface area contributed by atoms with Crippen LogP contribution in [0.3, 0.4) is 0 Å². The van der Waals surface area contributed by atoms with Crippen LogP contribution in [0.15, 0.2) is 18.3 Å². The van der Waals surface area contributed by atoms with Crippen LogP contribution in [-0.4, -0.2) is 15.0 Å². The zero-order valence-electron chi connectivity index (χ0n) is 11.4. The summed E-state index contributed by atoms with van der Waals surface area (Å²) in [7, 11) is 0. The van der Waals surface area contributed by atoms with Gasteiger partial charge in [0.05, 0.1) is 11.3 Å². The van der Waals surface area contributed by atoms with Crippen molar-refractivity contribution in [2.45, 2.75) is 26.7 Å². The molecule has 0 aliphatic rings. The Morgan fingerprint density at radius 2 is 1.95 bits per heavy atom. The minimum Gasteiger partial charge on any atom is -0.368 e. The third kappa shape index (κ3) is 3.25. The van der Waals surface area contributed by atoms with Crippen molar-refractivity contribution in [1.29, 1.82) is 0 Å². The Bertz CT molecular complexity index is 669. The van der Waals surface area contributed by atoms with E-state index in [9.17, 15) is 0 Å². The smallest absolute Gasteiger partial charge is 0.221 e. The topological polar surface area (TPSA) is 64.7 Å². The van der Waals surface area contributed by atoms with E-state index in [0.29, 0.717) is 17.1 Å². The number of hydrogen-bond acceptors (Lipinski definition) is 4. The van der Waals surface area contributed by atoms with Gasteiger partial charge in [-0.25, -0.2) is 4.98 Å². The quantitative estimate of drug-likeness (QED) is 0.681. The Morgan fingerprint density at radius 3 is 2.55 bits per heavy atom. The summed E-state index contributed by atoms with van der Waals surface area (Å²) in [6, 6.07) is 3.91. The lowest BCUT2D eigenvalue weighted by Gasteiger charge is -2.03. The lowest BCUT2D eigenvalue weighted by Crippen LogP contribution is -2.02. The number of aromatic nitrogens is 3. The summed E-state index contributed by atoms with van der Waals surface area (Å²) in [5.41, 5.74) is 8.83. The van der Waals surface area contributed by atoms with Crippen molar-refractivity contribution < 1.29 is 0 Å². The zero-order chi connectivity index (χ0) is 14.5. The zero-order valence-corrected chi connectivity index (χ0v) is 12.2. The second-order valence-electron chi connectivity index (χ2n) is 4.19. The summed E-state index contributed by atoms with van der Waals surface area (Å²) < 4.78 is 0. The normalized spacial score (nSPS) is 9.95. The number of hydrogen-bond donors (Lipinski definition) is 1. The van der Waals surface area contributed by atoms with Crippen molar-refractivity contribution in [1.82, 2.24) is 15.0 Å². The van der Waals surface area contributed by atoms with Crippen molar-refractivity contribution >= 4 is 17.5 Å². The molecule has 5 heteroatoms. The van der Waals surface area contributed by atoms with Crippen LogP contribution in [0.4, 0.5) is 5.95 Å². The first kappa shape index (κ1) is 14.3. The minimum absolute atomic E-state index is 0.173. The average molecular weight is 287 g/mol. The van der Waals surface area contributed by atoms with Crippen molar-refractivity contribution in [3.63, 3.8) is 0 Å². The number of rotatable bonds is 2. The molecule has 0 aliphatic heterocycles. The molecule has 2 heterocycles. The Labute approximate surface area is 123 Å². The van der Waals surface area contributed by atoms with Gasteiger partial charge in [-0.05, 0) is 25.0 Å². The molecule has 0 unspecified atom stereocenters. The number of aryl methyl sites for hydroxylation is 2. The lowest BCUT2D eigenvalue weighted by molar-refractivity contribution is 0.999. The van der Waals surface area contributed by atoms with Crippen molar-refractivity contribution in [2.75, 3.05) is 5.73 Å². The number of nitrogens with zero attached hydrogens (tertiary/aromatic N) is 3. The lowest BCUT2D eigenvalue weighted by atomic mass is 10.1. The Kier molecular flexibility index (Phi) is 4.54. The molecule has 102 valence electrons. The minimum atomic E-state index is 0.173. The van der Waals surface area contributed by atoms with Crippen LogP contribution >= 0.6 is 11.6 Å². The molecule has 0 aliphatic carbocycles. The first-order chi connectivity index (χ1) is 9.63. The molecule has 0 saturated heterocycles. The van der Waals surface area contributed by atoms with Gasteiger partial charge in [-0.2, -0.15) is 4.98 Å². The molecule has 4 nitrogen and oxygen atoms in total. The fourth-order valence-corrected chi connectivity index (χ4v) is 1.96. The molecule has 2 rings (SSSR count). The molecule has 0 fully saturated rings. The van der Waals surface area contributed by atoms with Crippen LogP contribution in [0.25, 0.3) is 0 Å². The van der Waals surface area contributed by atoms with E-state index in [1.54, 1.807) is 6.20 Å². The number of nitrogens with two attached hydrogens (primary N) is 1. The fourth-order valence-electron chi connectivity index (χ4n) is 1.72. The van der Waals surface area contributed by atoms with Gasteiger partial charge in [0.1, 0.15) is 0 Å². The second-order valence-corrected chi connectivity index (χ2v) is 4.55. The van der Waals surface area contributed by atoms with Gasteiger partial charge in [0.25, 0.3) is 0 Å². The van der Waals surface area contributed by atoms with E-state index in [2.05, 4.69) is 33.7 Å². The summed E-state index contributed by atoms with van der Waals surface area (Å²) in [6.45, 7) is 4.04. The van der Waals surface area contributed by atoms with Gasteiger partial charge in [-0.1, -0.05) is 37.3 Å². The van der Waals surface area contributed by atoms with E-state index in [1.165, 1.54) is 0 Å². The van der Waals surface area contributed by atoms with E-state index in [4.69, 9.17) is 17.3 Å². The fraction of sp³-hybridized carbons (Fsp3) is 0.267. The van der Waals surface area contributed by atoms with Gasteiger partial charge in [0, 0.05) is 17.5 Å².